The Bertz CT molecular complexity index is 4620. The second kappa shape index (κ2) is 15.4. The average molecular weight is 906 g/mol. The van der Waals surface area contributed by atoms with Crippen molar-refractivity contribution < 1.29 is 4.42 Å². The molecule has 6 heteroatoms. The van der Waals surface area contributed by atoms with Crippen molar-refractivity contribution in [2.75, 3.05) is 0 Å². The summed E-state index contributed by atoms with van der Waals surface area (Å²) < 4.78 is 11.8. The van der Waals surface area contributed by atoms with E-state index < -0.39 is 0 Å². The van der Waals surface area contributed by atoms with Gasteiger partial charge in [-0.1, -0.05) is 176 Å². The first-order valence-corrected chi connectivity index (χ1v) is 24.0. The van der Waals surface area contributed by atoms with E-state index in [1.54, 1.807) is 0 Å². The van der Waals surface area contributed by atoms with Crippen molar-refractivity contribution in [1.29, 1.82) is 0 Å². The molecule has 4 aromatic heterocycles. The molecule has 6 nitrogen and oxygen atoms in total. The number of nitrogens with zero attached hydrogens (tertiary/aromatic N) is 5. The summed E-state index contributed by atoms with van der Waals surface area (Å²) in [6.07, 6.45) is 0. The Kier molecular flexibility index (Phi) is 8.56. The molecule has 0 radical (unpaired) electrons. The Morgan fingerprint density at radius 2 is 0.944 bits per heavy atom. The second-order valence-corrected chi connectivity index (χ2v) is 18.3. The largest absolute Gasteiger partial charge is 0.455 e. The van der Waals surface area contributed by atoms with Crippen molar-refractivity contribution in [1.82, 2.24) is 24.1 Å². The number of aromatic nitrogens is 5. The van der Waals surface area contributed by atoms with Crippen LogP contribution in [0.5, 0.6) is 0 Å². The molecule has 0 aliphatic carbocycles. The Balaban J connectivity index is 1.07. The van der Waals surface area contributed by atoms with Crippen molar-refractivity contribution in [3.8, 4) is 56.7 Å². The molecule has 11 aromatic carbocycles. The van der Waals surface area contributed by atoms with Crippen LogP contribution in [0.4, 0.5) is 0 Å². The van der Waals surface area contributed by atoms with Gasteiger partial charge < -0.3 is 13.6 Å². The van der Waals surface area contributed by atoms with Crippen molar-refractivity contribution in [2.45, 2.75) is 0 Å². The standard InChI is InChI=1S/C65H39N5O/c1-3-16-40(17-4-1)41-30-32-43(33-31-41)63-66-64(51-26-15-28-54-60(51)50-25-11-13-27-53(50)69(54)46-21-5-2-6-22-46)68-65(67-63)61-56(37-35-49-48-24-12-14-29-58(48)71-62(49)61)70-55-36-34-42-18-9-10-23-47(42)59(55)52-38-44-19-7-8-20-45(44)39-57(52)70/h1-39H. The maximum absolute atomic E-state index is 7.06. The molecule has 0 fully saturated rings. The highest BCUT2D eigenvalue weighted by Gasteiger charge is 2.26. The lowest BCUT2D eigenvalue weighted by atomic mass is 10.0. The van der Waals surface area contributed by atoms with E-state index in [-0.39, 0.29) is 0 Å². The van der Waals surface area contributed by atoms with Crippen LogP contribution >= 0.6 is 0 Å². The van der Waals surface area contributed by atoms with Gasteiger partial charge in [0.05, 0.1) is 33.3 Å². The highest BCUT2D eigenvalue weighted by atomic mass is 16.3. The fourth-order valence-corrected chi connectivity index (χ4v) is 11.2. The normalized spacial score (nSPS) is 11.9. The quantitative estimate of drug-likeness (QED) is 0.167. The second-order valence-electron chi connectivity index (χ2n) is 18.3. The van der Waals surface area contributed by atoms with Gasteiger partial charge in [0.2, 0.25) is 0 Å². The summed E-state index contributed by atoms with van der Waals surface area (Å²) >= 11 is 0. The van der Waals surface area contributed by atoms with Crippen LogP contribution in [0.25, 0.3) is 144 Å². The van der Waals surface area contributed by atoms with E-state index in [2.05, 4.69) is 228 Å². The van der Waals surface area contributed by atoms with Crippen molar-refractivity contribution in [2.24, 2.45) is 0 Å². The molecule has 0 amide bonds. The molecular formula is C65H39N5O. The smallest absolute Gasteiger partial charge is 0.170 e. The van der Waals surface area contributed by atoms with Gasteiger partial charge in [0.1, 0.15) is 11.2 Å². The Hall–Kier alpha value is -9.65. The zero-order valence-corrected chi connectivity index (χ0v) is 38.2. The zero-order chi connectivity index (χ0) is 46.6. The molecule has 4 heterocycles. The van der Waals surface area contributed by atoms with Gasteiger partial charge in [0.25, 0.3) is 0 Å². The number of rotatable bonds is 6. The van der Waals surface area contributed by atoms with Crippen LogP contribution in [0.15, 0.2) is 241 Å². The molecule has 15 rings (SSSR count). The maximum Gasteiger partial charge on any atom is 0.170 e. The third kappa shape index (κ3) is 6.05. The fraction of sp³-hybridized carbons (Fsp3) is 0. The van der Waals surface area contributed by atoms with Crippen LogP contribution in [0.1, 0.15) is 0 Å². The summed E-state index contributed by atoms with van der Waals surface area (Å²) in [6, 6.07) is 83.8. The third-order valence-corrected chi connectivity index (χ3v) is 14.4. The van der Waals surface area contributed by atoms with Crippen molar-refractivity contribution >= 4 is 87.1 Å². The first kappa shape index (κ1) is 39.4. The molecule has 0 saturated heterocycles. The molecule has 0 aliphatic heterocycles. The number of hydrogen-bond acceptors (Lipinski definition) is 4. The third-order valence-electron chi connectivity index (χ3n) is 14.4. The molecule has 0 N–H and O–H groups in total. The lowest BCUT2D eigenvalue weighted by molar-refractivity contribution is 0.669. The van der Waals surface area contributed by atoms with E-state index in [1.165, 1.54) is 26.9 Å². The summed E-state index contributed by atoms with van der Waals surface area (Å²) in [5, 5.41) is 11.3. The number of benzene rings is 11. The van der Waals surface area contributed by atoms with Gasteiger partial charge in [0, 0.05) is 49.1 Å². The summed E-state index contributed by atoms with van der Waals surface area (Å²) in [5.41, 5.74) is 12.6. The summed E-state index contributed by atoms with van der Waals surface area (Å²) in [7, 11) is 0. The summed E-state index contributed by atoms with van der Waals surface area (Å²) in [5.74, 6) is 1.64. The van der Waals surface area contributed by atoms with Crippen LogP contribution in [0.2, 0.25) is 0 Å². The predicted molar refractivity (Wildman–Crippen MR) is 293 cm³/mol. The molecule has 0 atom stereocenters. The van der Waals surface area contributed by atoms with Gasteiger partial charge in [-0.05, 0) is 93.3 Å². The SMILES string of the molecule is c1ccc(-c2ccc(-c3nc(-c4c(-n5c6cc7ccccc7cc6c6c7ccccc7ccc65)ccc5c4oc4ccccc45)nc(-c4cccc5c4c4ccccc4n5-c4ccccc4)n3)cc2)cc1. The molecule has 330 valence electrons. The molecule has 15 aromatic rings. The number of para-hydroxylation sites is 3. The Morgan fingerprint density at radius 3 is 1.77 bits per heavy atom. The van der Waals surface area contributed by atoms with Crippen LogP contribution in [-0.2, 0) is 0 Å². The average Bonchev–Trinajstić information content (AvgIpc) is 4.10. The monoisotopic (exact) mass is 905 g/mol. The van der Waals surface area contributed by atoms with Crippen LogP contribution < -0.4 is 0 Å². The molecular weight excluding hydrogens is 867 g/mol. The first-order valence-electron chi connectivity index (χ1n) is 24.0. The highest BCUT2D eigenvalue weighted by molar-refractivity contribution is 6.24. The highest BCUT2D eigenvalue weighted by Crippen LogP contribution is 2.45. The Labute approximate surface area is 407 Å². The van der Waals surface area contributed by atoms with Crippen molar-refractivity contribution in [3.05, 3.63) is 237 Å². The summed E-state index contributed by atoms with van der Waals surface area (Å²) in [4.78, 5) is 16.7. The lowest BCUT2D eigenvalue weighted by Crippen LogP contribution is -2.04. The number of furan rings is 1. The van der Waals surface area contributed by atoms with E-state index in [0.29, 0.717) is 23.1 Å². The van der Waals surface area contributed by atoms with Gasteiger partial charge in [-0.25, -0.2) is 15.0 Å². The molecule has 0 bridgehead atoms. The zero-order valence-electron chi connectivity index (χ0n) is 38.2. The van der Waals surface area contributed by atoms with Gasteiger partial charge in [0.15, 0.2) is 17.5 Å². The molecule has 0 aliphatic rings. The predicted octanol–water partition coefficient (Wildman–Crippen LogP) is 16.9. The van der Waals surface area contributed by atoms with Gasteiger partial charge in [-0.15, -0.1) is 0 Å². The maximum atomic E-state index is 7.06. The van der Waals surface area contributed by atoms with Crippen LogP contribution in [0.3, 0.4) is 0 Å². The van der Waals surface area contributed by atoms with Crippen LogP contribution in [0, 0.1) is 0 Å². The fourth-order valence-electron chi connectivity index (χ4n) is 11.2. The first-order chi connectivity index (χ1) is 35.2. The number of hydrogen-bond donors (Lipinski definition) is 0. The van der Waals surface area contributed by atoms with E-state index in [9.17, 15) is 0 Å². The molecule has 71 heavy (non-hydrogen) atoms. The minimum Gasteiger partial charge on any atom is -0.455 e. The minimum absolute atomic E-state index is 0.511. The van der Waals surface area contributed by atoms with E-state index in [1.807, 2.05) is 18.2 Å². The van der Waals surface area contributed by atoms with E-state index >= 15 is 0 Å². The van der Waals surface area contributed by atoms with Gasteiger partial charge in [-0.3, -0.25) is 0 Å². The lowest BCUT2D eigenvalue weighted by Gasteiger charge is -2.16. The van der Waals surface area contributed by atoms with E-state index in [4.69, 9.17) is 19.4 Å². The molecule has 0 saturated carbocycles. The number of fused-ring (bicyclic) bond motifs is 12. The van der Waals surface area contributed by atoms with Crippen molar-refractivity contribution in [3.63, 3.8) is 0 Å². The molecule has 0 unspecified atom stereocenters. The summed E-state index contributed by atoms with van der Waals surface area (Å²) in [6.45, 7) is 0. The van der Waals surface area contributed by atoms with Crippen LogP contribution in [-0.4, -0.2) is 24.1 Å². The van der Waals surface area contributed by atoms with Gasteiger partial charge in [-0.2, -0.15) is 0 Å². The topological polar surface area (TPSA) is 61.7 Å². The minimum atomic E-state index is 0.511. The van der Waals surface area contributed by atoms with Gasteiger partial charge >= 0.3 is 0 Å². The Morgan fingerprint density at radius 1 is 0.324 bits per heavy atom. The molecule has 0 spiro atoms. The van der Waals surface area contributed by atoms with E-state index in [0.717, 1.165) is 93.8 Å².